The van der Waals surface area contributed by atoms with Crippen LogP contribution in [-0.4, -0.2) is 40.7 Å². The van der Waals surface area contributed by atoms with Crippen molar-refractivity contribution < 1.29 is 31.9 Å². The Morgan fingerprint density at radius 3 is 2.68 bits per heavy atom. The average Bonchev–Trinajstić information content (AvgIpc) is 2.77. The van der Waals surface area contributed by atoms with E-state index in [0.29, 0.717) is 0 Å². The number of aliphatic hydroxyl groups is 1. The van der Waals surface area contributed by atoms with E-state index in [0.717, 1.165) is 0 Å². The van der Waals surface area contributed by atoms with E-state index < -0.39 is 31.7 Å². The lowest BCUT2D eigenvalue weighted by Gasteiger charge is -2.14. The summed E-state index contributed by atoms with van der Waals surface area (Å²) >= 11 is 0. The highest BCUT2D eigenvalue weighted by Gasteiger charge is 2.41. The Morgan fingerprint density at radius 2 is 2.11 bits per heavy atom. The van der Waals surface area contributed by atoms with E-state index in [2.05, 4.69) is 19.4 Å². The van der Waals surface area contributed by atoms with Crippen molar-refractivity contribution >= 4 is 0 Å². The third-order valence-electron chi connectivity index (χ3n) is 2.05. The second kappa shape index (κ2) is 6.78. The first-order valence-corrected chi connectivity index (χ1v) is 5.31. The molecule has 1 aromatic heterocycles. The number of hydrogen-bond acceptors (Lipinski definition) is 6. The fourth-order valence-corrected chi connectivity index (χ4v) is 1.08. The molecule has 0 unspecified atom stereocenters. The zero-order valence-electron chi connectivity index (χ0n) is 9.73. The van der Waals surface area contributed by atoms with Crippen molar-refractivity contribution in [2.24, 2.45) is 5.73 Å². The number of nitrogens with two attached hydrogens (primary N) is 1. The zero-order valence-corrected chi connectivity index (χ0v) is 9.73. The molecule has 0 bridgehead atoms. The number of aliphatic hydroxyl groups excluding tert-OH is 1. The molecule has 10 heteroatoms. The number of rotatable bonds is 8. The second-order valence-corrected chi connectivity index (χ2v) is 3.70. The van der Waals surface area contributed by atoms with Crippen LogP contribution in [0, 0.1) is 0 Å². The standard InChI is InChI=1S/C9H13F4N3O3/c10-8(11)9(12,13)4-18-3-6-15-7(19-16-6)5(17)1-2-14/h5,8,17H,1-4,14H2/t5-/m0/s1. The molecule has 1 aromatic rings. The third-order valence-corrected chi connectivity index (χ3v) is 2.05. The zero-order chi connectivity index (χ0) is 14.5. The molecule has 0 aliphatic heterocycles. The van der Waals surface area contributed by atoms with E-state index in [9.17, 15) is 22.7 Å². The molecule has 0 aliphatic carbocycles. The predicted octanol–water partition coefficient (Wildman–Crippen LogP) is 0.869. The number of alkyl halides is 4. The number of halogens is 4. The van der Waals surface area contributed by atoms with Gasteiger partial charge in [0.2, 0.25) is 0 Å². The molecule has 0 spiro atoms. The van der Waals surface area contributed by atoms with E-state index in [1.54, 1.807) is 0 Å². The van der Waals surface area contributed by atoms with Gasteiger partial charge < -0.3 is 20.1 Å². The lowest BCUT2D eigenvalue weighted by Crippen LogP contribution is -2.32. The van der Waals surface area contributed by atoms with E-state index in [1.807, 2.05) is 0 Å². The van der Waals surface area contributed by atoms with Crippen LogP contribution in [0.1, 0.15) is 24.2 Å². The summed E-state index contributed by atoms with van der Waals surface area (Å²) < 4.78 is 57.6. The monoisotopic (exact) mass is 287 g/mol. The van der Waals surface area contributed by atoms with Crippen molar-refractivity contribution in [2.75, 3.05) is 13.2 Å². The Morgan fingerprint density at radius 1 is 1.42 bits per heavy atom. The van der Waals surface area contributed by atoms with Crippen molar-refractivity contribution in [3.05, 3.63) is 11.7 Å². The minimum Gasteiger partial charge on any atom is -0.383 e. The van der Waals surface area contributed by atoms with Gasteiger partial charge in [0.1, 0.15) is 19.3 Å². The van der Waals surface area contributed by atoms with Crippen LogP contribution < -0.4 is 5.73 Å². The van der Waals surface area contributed by atoms with Gasteiger partial charge in [-0.1, -0.05) is 5.16 Å². The van der Waals surface area contributed by atoms with Gasteiger partial charge in [-0.3, -0.25) is 0 Å². The van der Waals surface area contributed by atoms with Crippen LogP contribution in [0.5, 0.6) is 0 Å². The SMILES string of the molecule is NCC[C@H](O)c1nc(COCC(F)(F)C(F)F)no1. The summed E-state index contributed by atoms with van der Waals surface area (Å²) in [5.74, 6) is -4.49. The van der Waals surface area contributed by atoms with Gasteiger partial charge >= 0.3 is 12.3 Å². The molecule has 1 rings (SSSR count). The van der Waals surface area contributed by atoms with Crippen LogP contribution in [0.15, 0.2) is 4.52 Å². The molecular weight excluding hydrogens is 274 g/mol. The van der Waals surface area contributed by atoms with Crippen molar-refractivity contribution in [2.45, 2.75) is 31.5 Å². The van der Waals surface area contributed by atoms with Crippen LogP contribution >= 0.6 is 0 Å². The van der Waals surface area contributed by atoms with Gasteiger partial charge in [0.25, 0.3) is 5.89 Å². The topological polar surface area (TPSA) is 94.4 Å². The van der Waals surface area contributed by atoms with Crippen molar-refractivity contribution in [1.29, 1.82) is 0 Å². The number of hydrogen-bond donors (Lipinski definition) is 2. The van der Waals surface area contributed by atoms with E-state index >= 15 is 0 Å². The molecule has 19 heavy (non-hydrogen) atoms. The Labute approximate surface area is 105 Å². The molecule has 3 N–H and O–H groups in total. The summed E-state index contributed by atoms with van der Waals surface area (Å²) in [4.78, 5) is 3.65. The highest BCUT2D eigenvalue weighted by Crippen LogP contribution is 2.23. The third kappa shape index (κ3) is 4.73. The first kappa shape index (κ1) is 15.8. The second-order valence-electron chi connectivity index (χ2n) is 3.70. The highest BCUT2D eigenvalue weighted by atomic mass is 19.3. The molecule has 0 aromatic carbocycles. The van der Waals surface area contributed by atoms with Crippen LogP contribution in [0.4, 0.5) is 17.6 Å². The minimum absolute atomic E-state index is 0.129. The quantitative estimate of drug-likeness (QED) is 0.689. The Kier molecular flexibility index (Phi) is 5.63. The van der Waals surface area contributed by atoms with Crippen LogP contribution in [0.2, 0.25) is 0 Å². The molecule has 1 heterocycles. The van der Waals surface area contributed by atoms with Gasteiger partial charge in [-0.05, 0) is 13.0 Å². The maximum atomic E-state index is 12.5. The van der Waals surface area contributed by atoms with Gasteiger partial charge in [0, 0.05) is 0 Å². The van der Waals surface area contributed by atoms with Crippen molar-refractivity contribution in [3.63, 3.8) is 0 Å². The lowest BCUT2D eigenvalue weighted by atomic mass is 10.2. The Balaban J connectivity index is 2.42. The minimum atomic E-state index is -4.23. The van der Waals surface area contributed by atoms with E-state index in [-0.39, 0.29) is 24.7 Å². The molecule has 0 saturated carbocycles. The van der Waals surface area contributed by atoms with Crippen molar-refractivity contribution in [1.82, 2.24) is 10.1 Å². The summed E-state index contributed by atoms with van der Waals surface area (Å²) in [7, 11) is 0. The maximum Gasteiger partial charge on any atom is 0.330 e. The fraction of sp³-hybridized carbons (Fsp3) is 0.778. The molecule has 6 nitrogen and oxygen atoms in total. The van der Waals surface area contributed by atoms with E-state index in [4.69, 9.17) is 5.73 Å². The summed E-state index contributed by atoms with van der Waals surface area (Å²) in [6.07, 6.45) is -4.68. The van der Waals surface area contributed by atoms with Crippen LogP contribution in [-0.2, 0) is 11.3 Å². The highest BCUT2D eigenvalue weighted by molar-refractivity contribution is 4.88. The molecule has 0 aliphatic rings. The molecule has 1 atom stereocenters. The number of ether oxygens (including phenoxy) is 1. The summed E-state index contributed by atoms with van der Waals surface area (Å²) in [6.45, 7) is -1.79. The Bertz CT molecular complexity index is 389. The first-order chi connectivity index (χ1) is 8.86. The molecule has 0 radical (unpaired) electrons. The van der Waals surface area contributed by atoms with Crippen LogP contribution in [0.3, 0.4) is 0 Å². The fourth-order valence-electron chi connectivity index (χ4n) is 1.08. The summed E-state index contributed by atoms with van der Waals surface area (Å²) in [5.41, 5.74) is 5.20. The Hall–Kier alpha value is -1.26. The lowest BCUT2D eigenvalue weighted by molar-refractivity contribution is -0.168. The van der Waals surface area contributed by atoms with Crippen molar-refractivity contribution in [3.8, 4) is 0 Å². The normalized spacial score (nSPS) is 14.1. The van der Waals surface area contributed by atoms with Gasteiger partial charge in [-0.15, -0.1) is 0 Å². The van der Waals surface area contributed by atoms with Gasteiger partial charge in [0.05, 0.1) is 0 Å². The molecular formula is C9H13F4N3O3. The van der Waals surface area contributed by atoms with Crippen LogP contribution in [0.25, 0.3) is 0 Å². The van der Waals surface area contributed by atoms with Gasteiger partial charge in [0.15, 0.2) is 5.82 Å². The first-order valence-electron chi connectivity index (χ1n) is 5.31. The number of aromatic nitrogens is 2. The van der Waals surface area contributed by atoms with Gasteiger partial charge in [-0.2, -0.15) is 13.8 Å². The summed E-state index contributed by atoms with van der Waals surface area (Å²) in [6, 6.07) is 0. The molecule has 0 fully saturated rings. The largest absolute Gasteiger partial charge is 0.383 e. The van der Waals surface area contributed by atoms with Gasteiger partial charge in [-0.25, -0.2) is 8.78 Å². The molecule has 110 valence electrons. The van der Waals surface area contributed by atoms with E-state index in [1.165, 1.54) is 0 Å². The average molecular weight is 287 g/mol. The predicted molar refractivity (Wildman–Crippen MR) is 53.5 cm³/mol. The summed E-state index contributed by atoms with van der Waals surface area (Å²) in [5, 5.41) is 12.8. The smallest absolute Gasteiger partial charge is 0.330 e. The molecule has 0 saturated heterocycles. The molecule has 0 amide bonds. The number of nitrogens with zero attached hydrogens (tertiary/aromatic N) is 2. The maximum absolute atomic E-state index is 12.5.